The van der Waals surface area contributed by atoms with Crippen molar-refractivity contribution in [2.45, 2.75) is 12.8 Å². The van der Waals surface area contributed by atoms with Gasteiger partial charge in [0, 0.05) is 0 Å². The van der Waals surface area contributed by atoms with Crippen molar-refractivity contribution in [3.8, 4) is 0 Å². The summed E-state index contributed by atoms with van der Waals surface area (Å²) in [5, 5.41) is 0. The summed E-state index contributed by atoms with van der Waals surface area (Å²) in [5.41, 5.74) is -1.54. The van der Waals surface area contributed by atoms with Gasteiger partial charge in [0.2, 0.25) is 11.9 Å². The van der Waals surface area contributed by atoms with E-state index in [0.717, 1.165) is 7.11 Å². The van der Waals surface area contributed by atoms with Crippen molar-refractivity contribution in [3.05, 3.63) is 29.1 Å². The highest BCUT2D eigenvalue weighted by Crippen LogP contribution is 2.25. The molecule has 0 aromatic carbocycles. The SMILES string of the molecule is COC(=O)Cc1cc(F)nc(F)c1C(F)F. The fourth-order valence-corrected chi connectivity index (χ4v) is 1.14. The second-order valence-corrected chi connectivity index (χ2v) is 2.86. The van der Waals surface area contributed by atoms with Gasteiger partial charge in [0.05, 0.1) is 19.1 Å². The van der Waals surface area contributed by atoms with Crippen LogP contribution in [0.4, 0.5) is 17.6 Å². The molecule has 0 aliphatic heterocycles. The summed E-state index contributed by atoms with van der Waals surface area (Å²) < 4.78 is 54.7. The maximum absolute atomic E-state index is 12.9. The summed E-state index contributed by atoms with van der Waals surface area (Å²) >= 11 is 0. The van der Waals surface area contributed by atoms with Gasteiger partial charge in [0.1, 0.15) is 0 Å². The summed E-state index contributed by atoms with van der Waals surface area (Å²) in [6.45, 7) is 0. The molecular formula is C9H7F4NO2. The van der Waals surface area contributed by atoms with Crippen LogP contribution in [0, 0.1) is 11.9 Å². The highest BCUT2D eigenvalue weighted by atomic mass is 19.3. The number of pyridine rings is 1. The van der Waals surface area contributed by atoms with E-state index >= 15 is 0 Å². The molecule has 1 aromatic heterocycles. The number of rotatable bonds is 3. The normalized spacial score (nSPS) is 10.6. The van der Waals surface area contributed by atoms with Gasteiger partial charge in [0.25, 0.3) is 6.43 Å². The summed E-state index contributed by atoms with van der Waals surface area (Å²) in [4.78, 5) is 13.5. The Bertz CT molecular complexity index is 409. The molecule has 0 unspecified atom stereocenters. The van der Waals surface area contributed by atoms with Gasteiger partial charge in [-0.1, -0.05) is 0 Å². The first-order valence-electron chi connectivity index (χ1n) is 4.15. The van der Waals surface area contributed by atoms with Crippen LogP contribution in [0.1, 0.15) is 17.6 Å². The molecule has 16 heavy (non-hydrogen) atoms. The molecule has 1 heterocycles. The number of carbonyl (C=O) groups excluding carboxylic acids is 1. The van der Waals surface area contributed by atoms with Gasteiger partial charge in [-0.25, -0.2) is 8.78 Å². The van der Waals surface area contributed by atoms with Crippen molar-refractivity contribution in [2.24, 2.45) is 0 Å². The zero-order valence-electron chi connectivity index (χ0n) is 8.14. The van der Waals surface area contributed by atoms with Crippen molar-refractivity contribution in [2.75, 3.05) is 7.11 Å². The van der Waals surface area contributed by atoms with Crippen LogP contribution in [0.2, 0.25) is 0 Å². The maximum atomic E-state index is 12.9. The minimum atomic E-state index is -3.17. The van der Waals surface area contributed by atoms with Gasteiger partial charge >= 0.3 is 5.97 Å². The molecule has 0 radical (unpaired) electrons. The molecule has 0 aliphatic rings. The molecule has 0 fully saturated rings. The van der Waals surface area contributed by atoms with Gasteiger partial charge in [0.15, 0.2) is 0 Å². The second-order valence-electron chi connectivity index (χ2n) is 2.86. The average Bonchev–Trinajstić information content (AvgIpc) is 2.15. The standard InChI is InChI=1S/C9H7F4NO2/c1-16-6(15)3-4-2-5(10)14-9(13)7(4)8(11)12/h2,8H,3H2,1H3. The lowest BCUT2D eigenvalue weighted by molar-refractivity contribution is -0.139. The number of halogens is 4. The Labute approximate surface area is 88.0 Å². The molecule has 7 heteroatoms. The van der Waals surface area contributed by atoms with Gasteiger partial charge in [-0.3, -0.25) is 4.79 Å². The Kier molecular flexibility index (Phi) is 3.81. The lowest BCUT2D eigenvalue weighted by atomic mass is 10.1. The molecule has 0 saturated heterocycles. The molecule has 0 amide bonds. The first-order chi connectivity index (χ1) is 7.45. The lowest BCUT2D eigenvalue weighted by Crippen LogP contribution is -2.10. The third kappa shape index (κ3) is 2.68. The average molecular weight is 237 g/mol. The van der Waals surface area contributed by atoms with E-state index in [1.807, 2.05) is 0 Å². The van der Waals surface area contributed by atoms with Crippen LogP contribution in [0.25, 0.3) is 0 Å². The van der Waals surface area contributed by atoms with E-state index < -0.39 is 41.8 Å². The highest BCUT2D eigenvalue weighted by molar-refractivity contribution is 5.72. The third-order valence-electron chi connectivity index (χ3n) is 1.85. The van der Waals surface area contributed by atoms with Gasteiger partial charge in [-0.15, -0.1) is 0 Å². The Morgan fingerprint density at radius 2 is 2.12 bits per heavy atom. The smallest absolute Gasteiger partial charge is 0.309 e. The van der Waals surface area contributed by atoms with Crippen molar-refractivity contribution < 1.29 is 27.1 Å². The Morgan fingerprint density at radius 1 is 1.50 bits per heavy atom. The lowest BCUT2D eigenvalue weighted by Gasteiger charge is -2.08. The molecule has 0 aliphatic carbocycles. The van der Waals surface area contributed by atoms with Gasteiger partial charge in [-0.2, -0.15) is 13.8 Å². The molecule has 0 spiro atoms. The van der Waals surface area contributed by atoms with Crippen LogP contribution in [-0.4, -0.2) is 18.1 Å². The first kappa shape index (κ1) is 12.4. The predicted octanol–water partition coefficient (Wildman–Crippen LogP) is 2.01. The summed E-state index contributed by atoms with van der Waals surface area (Å²) in [6.07, 6.45) is -3.81. The molecule has 0 bridgehead atoms. The predicted molar refractivity (Wildman–Crippen MR) is 44.8 cm³/mol. The van der Waals surface area contributed by atoms with E-state index in [1.165, 1.54) is 0 Å². The zero-order valence-corrected chi connectivity index (χ0v) is 8.14. The van der Waals surface area contributed by atoms with E-state index in [9.17, 15) is 22.4 Å². The van der Waals surface area contributed by atoms with Crippen LogP contribution in [-0.2, 0) is 16.0 Å². The van der Waals surface area contributed by atoms with Crippen molar-refractivity contribution in [3.63, 3.8) is 0 Å². The van der Waals surface area contributed by atoms with Crippen molar-refractivity contribution in [1.29, 1.82) is 0 Å². The maximum Gasteiger partial charge on any atom is 0.309 e. The molecule has 0 N–H and O–H groups in total. The number of nitrogens with zero attached hydrogens (tertiary/aromatic N) is 1. The molecule has 0 atom stereocenters. The number of esters is 1. The quantitative estimate of drug-likeness (QED) is 0.458. The Balaban J connectivity index is 3.18. The largest absolute Gasteiger partial charge is 0.469 e. The zero-order chi connectivity index (χ0) is 12.3. The topological polar surface area (TPSA) is 39.2 Å². The summed E-state index contributed by atoms with van der Waals surface area (Å²) in [5.74, 6) is -3.75. The number of methoxy groups -OCH3 is 1. The third-order valence-corrected chi connectivity index (χ3v) is 1.85. The monoisotopic (exact) mass is 237 g/mol. The summed E-state index contributed by atoms with van der Waals surface area (Å²) in [7, 11) is 1.04. The molecule has 88 valence electrons. The fraction of sp³-hybridized carbons (Fsp3) is 0.333. The van der Waals surface area contributed by atoms with Crippen molar-refractivity contribution in [1.82, 2.24) is 4.98 Å². The van der Waals surface area contributed by atoms with Crippen LogP contribution in [0.3, 0.4) is 0 Å². The van der Waals surface area contributed by atoms with Crippen LogP contribution in [0.15, 0.2) is 6.07 Å². The number of ether oxygens (including phenoxy) is 1. The first-order valence-corrected chi connectivity index (χ1v) is 4.15. The van der Waals surface area contributed by atoms with Crippen molar-refractivity contribution >= 4 is 5.97 Å². The van der Waals surface area contributed by atoms with Gasteiger partial charge in [-0.05, 0) is 11.6 Å². The molecular weight excluding hydrogens is 230 g/mol. The number of carbonyl (C=O) groups is 1. The van der Waals surface area contributed by atoms with Crippen LogP contribution < -0.4 is 0 Å². The van der Waals surface area contributed by atoms with E-state index in [-0.39, 0.29) is 0 Å². The van der Waals surface area contributed by atoms with Gasteiger partial charge < -0.3 is 4.74 Å². The molecule has 1 aromatic rings. The van der Waals surface area contributed by atoms with E-state index in [0.29, 0.717) is 6.07 Å². The minimum Gasteiger partial charge on any atom is -0.469 e. The van der Waals surface area contributed by atoms with Crippen LogP contribution >= 0.6 is 0 Å². The van der Waals surface area contributed by atoms with E-state index in [4.69, 9.17) is 0 Å². The minimum absolute atomic E-state index is 0.466. The molecule has 1 rings (SSSR count). The number of hydrogen-bond donors (Lipinski definition) is 0. The van der Waals surface area contributed by atoms with Crippen LogP contribution in [0.5, 0.6) is 0 Å². The number of alkyl halides is 2. The Morgan fingerprint density at radius 3 is 2.62 bits per heavy atom. The second kappa shape index (κ2) is 4.91. The molecule has 0 saturated carbocycles. The van der Waals surface area contributed by atoms with E-state index in [1.54, 1.807) is 0 Å². The Hall–Kier alpha value is -1.66. The number of aromatic nitrogens is 1. The summed E-state index contributed by atoms with van der Waals surface area (Å²) in [6, 6.07) is 0.585. The fourth-order valence-electron chi connectivity index (χ4n) is 1.14. The highest BCUT2D eigenvalue weighted by Gasteiger charge is 2.22. The molecule has 3 nitrogen and oxygen atoms in total. The van der Waals surface area contributed by atoms with E-state index in [2.05, 4.69) is 9.72 Å². The number of hydrogen-bond acceptors (Lipinski definition) is 3.